The number of rotatable bonds is 17. The van der Waals surface area contributed by atoms with Crippen LogP contribution < -0.4 is 9.04 Å². The second kappa shape index (κ2) is 16.8. The van der Waals surface area contributed by atoms with Gasteiger partial charge in [0, 0.05) is 38.9 Å². The molecule has 4 aromatic rings. The summed E-state index contributed by atoms with van der Waals surface area (Å²) in [5.41, 5.74) is 2.07. The number of halogens is 1. The average molecular weight is 792 g/mol. The van der Waals surface area contributed by atoms with Crippen LogP contribution in [0.5, 0.6) is 5.88 Å². The Kier molecular flexibility index (Phi) is 12.3. The molecule has 1 aliphatic heterocycles. The molecule has 11 nitrogen and oxygen atoms in total. The lowest BCUT2D eigenvalue weighted by Crippen LogP contribution is -2.40. The van der Waals surface area contributed by atoms with Crippen LogP contribution >= 0.6 is 11.6 Å². The molecule has 0 bridgehead atoms. The normalized spacial score (nSPS) is 15.6. The standard InChI is InChI=1S/C40H50ClN5O6SSi/c1-6-7-16-35-43-40(20-11-12-21-40)39(47)45(35)26-30-18-19-32(31(25-30)27-51-36-17-10-13-22-42-36)33-14-8-9-15-34(33)53(48,49)46(28-50-23-24-54(3,4)5)38-37(41)29(2)52-44-38/h8-10,13-15,17-19,22,25H,6-7,11-12,16,20-21,23-24,26-28H2,1-5H3. The van der Waals surface area contributed by atoms with Crippen LogP contribution in [0, 0.1) is 6.92 Å². The smallest absolute Gasteiger partial charge is 0.268 e. The first-order valence-corrected chi connectivity index (χ1v) is 24.2. The number of ether oxygens (including phenoxy) is 2. The number of carbonyl (C=O) groups is 1. The fraction of sp³-hybridized carbons (Fsp3) is 0.450. The Morgan fingerprint density at radius 1 is 1.04 bits per heavy atom. The minimum Gasteiger partial charge on any atom is -0.473 e. The van der Waals surface area contributed by atoms with Gasteiger partial charge >= 0.3 is 0 Å². The summed E-state index contributed by atoms with van der Waals surface area (Å²) >= 11 is 6.57. The van der Waals surface area contributed by atoms with Crippen LogP contribution in [0.15, 0.2) is 81.3 Å². The van der Waals surface area contributed by atoms with Crippen LogP contribution in [0.2, 0.25) is 30.7 Å². The summed E-state index contributed by atoms with van der Waals surface area (Å²) in [6.45, 7) is 11.0. The van der Waals surface area contributed by atoms with Crippen molar-refractivity contribution in [2.45, 2.75) is 108 Å². The van der Waals surface area contributed by atoms with Gasteiger partial charge in [0.2, 0.25) is 11.7 Å². The highest BCUT2D eigenvalue weighted by Crippen LogP contribution is 2.41. The molecule has 1 spiro atoms. The summed E-state index contributed by atoms with van der Waals surface area (Å²) in [5, 5.41) is 4.13. The van der Waals surface area contributed by atoms with Crippen molar-refractivity contribution in [1.29, 1.82) is 0 Å². The van der Waals surface area contributed by atoms with Gasteiger partial charge in [-0.1, -0.05) is 99.0 Å². The molecule has 0 unspecified atom stereocenters. The number of anilines is 1. The predicted molar refractivity (Wildman–Crippen MR) is 214 cm³/mol. The minimum absolute atomic E-state index is 0.0363. The number of benzene rings is 2. The SMILES string of the molecule is CCCCC1=NC2(CCCC2)C(=O)N1Cc1ccc(-c2ccccc2S(=O)(=O)N(COCC[Si](C)(C)C)c2noc(C)c2Cl)c(COc2ccccn2)c1. The Morgan fingerprint density at radius 2 is 1.80 bits per heavy atom. The number of aliphatic imine (C=N–C) groups is 1. The van der Waals surface area contributed by atoms with Gasteiger partial charge in [-0.3, -0.25) is 14.7 Å². The molecule has 0 atom stereocenters. The summed E-state index contributed by atoms with van der Waals surface area (Å²) in [6, 6.07) is 18.9. The molecule has 0 radical (unpaired) electrons. The molecule has 1 saturated carbocycles. The zero-order valence-electron chi connectivity index (χ0n) is 31.8. The molecule has 1 fully saturated rings. The number of amidine groups is 1. The Morgan fingerprint density at radius 3 is 2.48 bits per heavy atom. The van der Waals surface area contributed by atoms with Crippen LogP contribution in [0.1, 0.15) is 68.8 Å². The van der Waals surface area contributed by atoms with E-state index in [0.29, 0.717) is 35.9 Å². The van der Waals surface area contributed by atoms with Gasteiger partial charge in [0.05, 0.1) is 11.4 Å². The van der Waals surface area contributed by atoms with E-state index in [1.54, 1.807) is 43.5 Å². The highest BCUT2D eigenvalue weighted by Gasteiger charge is 2.49. The van der Waals surface area contributed by atoms with Crippen LogP contribution in [-0.2, 0) is 32.7 Å². The zero-order chi connectivity index (χ0) is 38.5. The van der Waals surface area contributed by atoms with Crippen LogP contribution in [0.25, 0.3) is 11.1 Å². The van der Waals surface area contributed by atoms with Crippen LogP contribution in [0.3, 0.4) is 0 Å². The fourth-order valence-electron chi connectivity index (χ4n) is 6.90. The van der Waals surface area contributed by atoms with E-state index >= 15 is 0 Å². The van der Waals surface area contributed by atoms with Crippen molar-refractivity contribution in [3.05, 3.63) is 88.8 Å². The Labute approximate surface area is 324 Å². The lowest BCUT2D eigenvalue weighted by molar-refractivity contribution is -0.131. The van der Waals surface area contributed by atoms with E-state index in [1.807, 2.05) is 35.2 Å². The first kappa shape index (κ1) is 39.6. The largest absolute Gasteiger partial charge is 0.473 e. The number of carbonyl (C=O) groups excluding carboxylic acids is 1. The van der Waals surface area contributed by atoms with Crippen molar-refractivity contribution in [2.75, 3.05) is 17.6 Å². The number of hydrogen-bond donors (Lipinski definition) is 0. The number of pyridine rings is 1. The summed E-state index contributed by atoms with van der Waals surface area (Å²) < 4.78 is 48.1. The molecule has 288 valence electrons. The topological polar surface area (TPSA) is 127 Å². The highest BCUT2D eigenvalue weighted by molar-refractivity contribution is 7.93. The Bertz CT molecular complexity index is 2080. The summed E-state index contributed by atoms with van der Waals surface area (Å²) in [6.07, 6.45) is 7.92. The van der Waals surface area contributed by atoms with Crippen molar-refractivity contribution >= 4 is 47.3 Å². The molecule has 0 saturated heterocycles. The third kappa shape index (κ3) is 8.75. The predicted octanol–water partition coefficient (Wildman–Crippen LogP) is 9.03. The molecule has 1 aliphatic carbocycles. The summed E-state index contributed by atoms with van der Waals surface area (Å²) in [7, 11) is -5.77. The Balaban J connectivity index is 1.38. The maximum absolute atomic E-state index is 14.8. The van der Waals surface area contributed by atoms with Gasteiger partial charge < -0.3 is 14.0 Å². The number of nitrogens with zero attached hydrogens (tertiary/aromatic N) is 5. The minimum atomic E-state index is -4.32. The number of unbranched alkanes of at least 4 members (excludes halogenated alkanes) is 1. The number of amides is 1. The lowest BCUT2D eigenvalue weighted by atomic mass is 9.96. The molecule has 54 heavy (non-hydrogen) atoms. The molecule has 0 N–H and O–H groups in total. The molecule has 6 rings (SSSR count). The van der Waals surface area contributed by atoms with Crippen molar-refractivity contribution in [1.82, 2.24) is 15.0 Å². The lowest BCUT2D eigenvalue weighted by Gasteiger charge is -2.25. The molecule has 1 amide bonds. The highest BCUT2D eigenvalue weighted by atomic mass is 35.5. The molecule has 3 heterocycles. The summed E-state index contributed by atoms with van der Waals surface area (Å²) in [5.74, 6) is 1.61. The number of aromatic nitrogens is 2. The first-order valence-electron chi connectivity index (χ1n) is 18.7. The van der Waals surface area contributed by atoms with Crippen molar-refractivity contribution in [3.8, 4) is 17.0 Å². The van der Waals surface area contributed by atoms with Gasteiger partial charge in [-0.25, -0.2) is 17.7 Å². The average Bonchev–Trinajstić information content (AvgIpc) is 3.84. The maximum atomic E-state index is 14.8. The van der Waals surface area contributed by atoms with Gasteiger partial charge in [-0.2, -0.15) is 0 Å². The van der Waals surface area contributed by atoms with Gasteiger partial charge in [-0.05, 0) is 67.1 Å². The van der Waals surface area contributed by atoms with Gasteiger partial charge in [0.1, 0.15) is 29.7 Å². The molecule has 2 aliphatic rings. The monoisotopic (exact) mass is 791 g/mol. The van der Waals surface area contributed by atoms with Gasteiger partial charge in [0.15, 0.2) is 5.76 Å². The van der Waals surface area contributed by atoms with Crippen LogP contribution in [-0.4, -0.2) is 62.2 Å². The number of aryl methyl sites for hydroxylation is 1. The van der Waals surface area contributed by atoms with E-state index in [4.69, 9.17) is 30.6 Å². The maximum Gasteiger partial charge on any atom is 0.268 e. The van der Waals surface area contributed by atoms with E-state index in [9.17, 15) is 13.2 Å². The van der Waals surface area contributed by atoms with Crippen LogP contribution in [0.4, 0.5) is 5.82 Å². The van der Waals surface area contributed by atoms with Gasteiger partial charge in [0.25, 0.3) is 15.9 Å². The molecular weight excluding hydrogens is 742 g/mol. The molecular formula is C40H50ClN5O6SSi. The molecule has 2 aromatic heterocycles. The van der Waals surface area contributed by atoms with E-state index < -0.39 is 23.6 Å². The third-order valence-corrected chi connectivity index (χ3v) is 13.9. The molecule has 2 aromatic carbocycles. The van der Waals surface area contributed by atoms with E-state index in [0.717, 1.165) is 72.3 Å². The van der Waals surface area contributed by atoms with Gasteiger partial charge in [-0.15, -0.1) is 0 Å². The number of hydrogen-bond acceptors (Lipinski definition) is 9. The zero-order valence-corrected chi connectivity index (χ0v) is 34.4. The second-order valence-electron chi connectivity index (χ2n) is 15.3. The van der Waals surface area contributed by atoms with Crippen molar-refractivity contribution in [2.24, 2.45) is 4.99 Å². The van der Waals surface area contributed by atoms with E-state index in [2.05, 4.69) is 36.7 Å². The van der Waals surface area contributed by atoms with Crippen molar-refractivity contribution < 1.29 is 27.2 Å². The fourth-order valence-corrected chi connectivity index (χ4v) is 9.39. The molecule has 14 heteroatoms. The van der Waals surface area contributed by atoms with E-state index in [-0.39, 0.29) is 35.0 Å². The quantitative estimate of drug-likeness (QED) is 0.0589. The second-order valence-corrected chi connectivity index (χ2v) is 23.1. The number of sulfonamides is 1. The van der Waals surface area contributed by atoms with Crippen molar-refractivity contribution in [3.63, 3.8) is 0 Å². The Hall–Kier alpha value is -4.04. The first-order chi connectivity index (χ1) is 25.8. The van der Waals surface area contributed by atoms with E-state index in [1.165, 1.54) is 0 Å². The third-order valence-electron chi connectivity index (χ3n) is 9.97. The summed E-state index contributed by atoms with van der Waals surface area (Å²) in [4.78, 5) is 25.3.